The first-order valence-corrected chi connectivity index (χ1v) is 8.33. The number of ether oxygens (including phenoxy) is 2. The molecule has 1 fully saturated rings. The van der Waals surface area contributed by atoms with E-state index in [2.05, 4.69) is 4.98 Å². The highest BCUT2D eigenvalue weighted by molar-refractivity contribution is 5.92. The number of hydrogen-bond donors (Lipinski definition) is 1. The number of likely N-dealkylation sites (N-methyl/N-ethyl adjacent to an activating group) is 1. The van der Waals surface area contributed by atoms with E-state index in [9.17, 15) is 9.90 Å². The second-order valence-corrected chi connectivity index (χ2v) is 6.40. The second kappa shape index (κ2) is 7.76. The van der Waals surface area contributed by atoms with E-state index in [1.54, 1.807) is 36.3 Å². The number of nitrogens with zero attached hydrogens (tertiary/aromatic N) is 3. The van der Waals surface area contributed by atoms with E-state index in [-0.39, 0.29) is 30.8 Å². The van der Waals surface area contributed by atoms with Crippen molar-refractivity contribution in [3.8, 4) is 11.5 Å². The summed E-state index contributed by atoms with van der Waals surface area (Å²) < 4.78 is 16.0. The minimum absolute atomic E-state index is 0.0799. The molecule has 2 atom stereocenters. The van der Waals surface area contributed by atoms with E-state index in [0.29, 0.717) is 18.2 Å². The monoisotopic (exact) mass is 361 g/mol. The first kappa shape index (κ1) is 18.2. The lowest BCUT2D eigenvalue weighted by Gasteiger charge is -2.21. The molecule has 140 valence electrons. The van der Waals surface area contributed by atoms with Crippen molar-refractivity contribution in [2.75, 3.05) is 34.3 Å². The number of aliphatic hydroxyl groups is 1. The molecule has 0 unspecified atom stereocenters. The molecule has 1 amide bonds. The number of likely N-dealkylation sites (tertiary alicyclic amines) is 1. The van der Waals surface area contributed by atoms with Gasteiger partial charge in [0.2, 0.25) is 5.89 Å². The van der Waals surface area contributed by atoms with Gasteiger partial charge in [0, 0.05) is 13.1 Å². The van der Waals surface area contributed by atoms with Crippen LogP contribution in [0.25, 0.3) is 0 Å². The van der Waals surface area contributed by atoms with Crippen molar-refractivity contribution < 1.29 is 23.8 Å². The highest BCUT2D eigenvalue weighted by Gasteiger charge is 2.36. The number of β-amino-alcohol motifs (C(OH)–C–C–N with tert-alkyl or cyclic N) is 1. The molecular weight excluding hydrogens is 338 g/mol. The van der Waals surface area contributed by atoms with Gasteiger partial charge in [0.1, 0.15) is 17.8 Å². The Bertz CT molecular complexity index is 744. The molecule has 0 bridgehead atoms. The van der Waals surface area contributed by atoms with Gasteiger partial charge in [0.05, 0.1) is 19.3 Å². The summed E-state index contributed by atoms with van der Waals surface area (Å²) in [5.74, 6) is 1.44. The molecule has 2 aromatic rings. The SMILES string of the molecule is COc1ccc(OCc2nc(C(=O)N3C[C@H](O)[C@@H](N(C)C)C3)co2)cc1. The smallest absolute Gasteiger partial charge is 0.275 e. The largest absolute Gasteiger partial charge is 0.497 e. The summed E-state index contributed by atoms with van der Waals surface area (Å²) in [7, 11) is 5.36. The molecule has 0 saturated carbocycles. The quantitative estimate of drug-likeness (QED) is 0.821. The van der Waals surface area contributed by atoms with Crippen molar-refractivity contribution in [3.63, 3.8) is 0 Å². The van der Waals surface area contributed by atoms with Crippen LogP contribution in [0.2, 0.25) is 0 Å². The van der Waals surface area contributed by atoms with Gasteiger partial charge in [-0.15, -0.1) is 0 Å². The van der Waals surface area contributed by atoms with Crippen LogP contribution < -0.4 is 9.47 Å². The molecule has 26 heavy (non-hydrogen) atoms. The third kappa shape index (κ3) is 3.97. The van der Waals surface area contributed by atoms with Gasteiger partial charge in [-0.2, -0.15) is 0 Å². The standard InChI is InChI=1S/C18H23N3O5/c1-20(2)15-8-21(9-16(15)22)18(23)14-10-26-17(19-14)11-25-13-6-4-12(24-3)5-7-13/h4-7,10,15-16,22H,8-9,11H2,1-3H3/t15-,16-/m0/s1. The van der Waals surface area contributed by atoms with Gasteiger partial charge in [0.15, 0.2) is 12.3 Å². The molecule has 1 aromatic heterocycles. The van der Waals surface area contributed by atoms with Crippen molar-refractivity contribution >= 4 is 5.91 Å². The van der Waals surface area contributed by atoms with E-state index in [0.717, 1.165) is 5.75 Å². The molecule has 2 heterocycles. The lowest BCUT2D eigenvalue weighted by Crippen LogP contribution is -2.38. The lowest BCUT2D eigenvalue weighted by molar-refractivity contribution is 0.0758. The third-order valence-electron chi connectivity index (χ3n) is 4.40. The predicted molar refractivity (Wildman–Crippen MR) is 93.2 cm³/mol. The summed E-state index contributed by atoms with van der Waals surface area (Å²) >= 11 is 0. The Balaban J connectivity index is 1.58. The first-order chi connectivity index (χ1) is 12.5. The number of aromatic nitrogens is 1. The van der Waals surface area contributed by atoms with Crippen LogP contribution in [0.5, 0.6) is 11.5 Å². The predicted octanol–water partition coefficient (Wildman–Crippen LogP) is 1.01. The van der Waals surface area contributed by atoms with E-state index in [4.69, 9.17) is 13.9 Å². The van der Waals surface area contributed by atoms with Gasteiger partial charge in [-0.05, 0) is 38.4 Å². The Kier molecular flexibility index (Phi) is 5.43. The van der Waals surface area contributed by atoms with E-state index in [1.807, 2.05) is 19.0 Å². The summed E-state index contributed by atoms with van der Waals surface area (Å²) in [4.78, 5) is 20.2. The summed E-state index contributed by atoms with van der Waals surface area (Å²) in [6.07, 6.45) is 0.753. The highest BCUT2D eigenvalue weighted by Crippen LogP contribution is 2.19. The van der Waals surface area contributed by atoms with Crippen LogP contribution in [-0.4, -0.2) is 72.2 Å². The topological polar surface area (TPSA) is 88.3 Å². The fraction of sp³-hybridized carbons (Fsp3) is 0.444. The number of carbonyl (C=O) groups excluding carboxylic acids is 1. The molecule has 1 N–H and O–H groups in total. The maximum atomic E-state index is 12.5. The van der Waals surface area contributed by atoms with Crippen LogP contribution in [0.3, 0.4) is 0 Å². The van der Waals surface area contributed by atoms with Crippen molar-refractivity contribution in [3.05, 3.63) is 42.1 Å². The number of benzene rings is 1. The molecule has 1 aliphatic rings. The lowest BCUT2D eigenvalue weighted by atomic mass is 10.2. The minimum Gasteiger partial charge on any atom is -0.497 e. The van der Waals surface area contributed by atoms with Crippen LogP contribution in [0.1, 0.15) is 16.4 Å². The maximum Gasteiger partial charge on any atom is 0.275 e. The number of hydrogen-bond acceptors (Lipinski definition) is 7. The third-order valence-corrected chi connectivity index (χ3v) is 4.40. The Morgan fingerprint density at radius 1 is 1.31 bits per heavy atom. The van der Waals surface area contributed by atoms with Crippen LogP contribution in [-0.2, 0) is 6.61 Å². The molecule has 0 radical (unpaired) electrons. The van der Waals surface area contributed by atoms with Gasteiger partial charge >= 0.3 is 0 Å². The molecule has 1 aromatic carbocycles. The average molecular weight is 361 g/mol. The molecule has 8 nitrogen and oxygen atoms in total. The van der Waals surface area contributed by atoms with Crippen molar-refractivity contribution in [2.24, 2.45) is 0 Å². The summed E-state index contributed by atoms with van der Waals surface area (Å²) in [6, 6.07) is 7.06. The second-order valence-electron chi connectivity index (χ2n) is 6.40. The van der Waals surface area contributed by atoms with Gasteiger partial charge in [0.25, 0.3) is 5.91 Å². The number of amides is 1. The average Bonchev–Trinajstić information content (AvgIpc) is 3.26. The van der Waals surface area contributed by atoms with Gasteiger partial charge in [-0.3, -0.25) is 4.79 Å². The number of carbonyl (C=O) groups is 1. The zero-order valence-electron chi connectivity index (χ0n) is 15.1. The Morgan fingerprint density at radius 2 is 2.00 bits per heavy atom. The molecule has 1 saturated heterocycles. The molecule has 1 aliphatic heterocycles. The normalized spacial score (nSPS) is 19.8. The van der Waals surface area contributed by atoms with Crippen LogP contribution in [0, 0.1) is 0 Å². The van der Waals surface area contributed by atoms with Crippen molar-refractivity contribution in [2.45, 2.75) is 18.8 Å². The Hall–Kier alpha value is -2.58. The highest BCUT2D eigenvalue weighted by atomic mass is 16.5. The molecular formula is C18H23N3O5. The number of aliphatic hydroxyl groups excluding tert-OH is 1. The number of oxazole rings is 1. The maximum absolute atomic E-state index is 12.5. The van der Waals surface area contributed by atoms with E-state index >= 15 is 0 Å². The minimum atomic E-state index is -0.571. The Labute approximate surface area is 151 Å². The Morgan fingerprint density at radius 3 is 2.62 bits per heavy atom. The number of methoxy groups -OCH3 is 1. The van der Waals surface area contributed by atoms with E-state index < -0.39 is 6.10 Å². The van der Waals surface area contributed by atoms with Gasteiger partial charge in [-0.25, -0.2) is 4.98 Å². The summed E-state index contributed by atoms with van der Waals surface area (Å²) in [5.41, 5.74) is 0.213. The van der Waals surface area contributed by atoms with Crippen LogP contribution in [0.4, 0.5) is 0 Å². The number of rotatable bonds is 6. The molecule has 3 rings (SSSR count). The van der Waals surface area contributed by atoms with Crippen LogP contribution >= 0.6 is 0 Å². The zero-order valence-corrected chi connectivity index (χ0v) is 15.1. The molecule has 0 aliphatic carbocycles. The van der Waals surface area contributed by atoms with Crippen molar-refractivity contribution in [1.29, 1.82) is 0 Å². The molecule has 8 heteroatoms. The first-order valence-electron chi connectivity index (χ1n) is 8.33. The van der Waals surface area contributed by atoms with Crippen molar-refractivity contribution in [1.82, 2.24) is 14.8 Å². The summed E-state index contributed by atoms with van der Waals surface area (Å²) in [6.45, 7) is 0.853. The zero-order chi connectivity index (χ0) is 18.7. The van der Waals surface area contributed by atoms with Gasteiger partial charge in [-0.1, -0.05) is 0 Å². The molecule has 0 spiro atoms. The van der Waals surface area contributed by atoms with Gasteiger partial charge < -0.3 is 28.8 Å². The van der Waals surface area contributed by atoms with E-state index in [1.165, 1.54) is 6.26 Å². The summed E-state index contributed by atoms with van der Waals surface area (Å²) in [5, 5.41) is 10.1. The fourth-order valence-electron chi connectivity index (χ4n) is 2.90. The van der Waals surface area contributed by atoms with Crippen LogP contribution in [0.15, 0.2) is 34.9 Å². The fourth-order valence-corrected chi connectivity index (χ4v) is 2.90.